The Morgan fingerprint density at radius 1 is 1.50 bits per heavy atom. The van der Waals surface area contributed by atoms with Gasteiger partial charge in [-0.1, -0.05) is 17.7 Å². The molecule has 0 radical (unpaired) electrons. The Kier molecular flexibility index (Phi) is 4.88. The monoisotopic (exact) mass is 314 g/mol. The van der Waals surface area contributed by atoms with Crippen LogP contribution in [0.15, 0.2) is 18.2 Å². The van der Waals surface area contributed by atoms with Crippen LogP contribution in [0.4, 0.5) is 5.69 Å². The number of nitro benzene ring substituents is 1. The van der Waals surface area contributed by atoms with Crippen LogP contribution in [0.25, 0.3) is 0 Å². The van der Waals surface area contributed by atoms with Gasteiger partial charge in [0.15, 0.2) is 0 Å². The number of nitro groups is 1. The highest BCUT2D eigenvalue weighted by atomic mass is 35.5. The number of nitrogens with zero attached hydrogens (tertiary/aromatic N) is 2. The highest BCUT2D eigenvalue weighted by molar-refractivity contribution is 7.99. The van der Waals surface area contributed by atoms with E-state index in [4.69, 9.17) is 11.6 Å². The normalized spacial score (nSPS) is 19.5. The van der Waals surface area contributed by atoms with Crippen LogP contribution in [0.5, 0.6) is 0 Å². The lowest BCUT2D eigenvalue weighted by Crippen LogP contribution is -2.39. The average molecular weight is 315 g/mol. The summed E-state index contributed by atoms with van der Waals surface area (Å²) in [4.78, 5) is 24.8. The van der Waals surface area contributed by atoms with Gasteiger partial charge in [-0.25, -0.2) is 0 Å². The first kappa shape index (κ1) is 15.1. The fourth-order valence-corrected chi connectivity index (χ4v) is 3.51. The fourth-order valence-electron chi connectivity index (χ4n) is 2.22. The molecule has 1 aromatic rings. The summed E-state index contributed by atoms with van der Waals surface area (Å²) >= 11 is 7.81. The number of carbonyl (C=O) groups is 1. The fraction of sp³-hybridized carbons (Fsp3) is 0.462. The number of thioether (sulfide) groups is 1. The highest BCUT2D eigenvalue weighted by Gasteiger charge is 2.30. The lowest BCUT2D eigenvalue weighted by Gasteiger charge is -2.27. The lowest BCUT2D eigenvalue weighted by atomic mass is 10.1. The minimum atomic E-state index is -0.559. The summed E-state index contributed by atoms with van der Waals surface area (Å²) in [5, 5.41) is 11.2. The Labute approximate surface area is 126 Å². The molecule has 0 saturated carbocycles. The molecule has 1 amide bonds. The molecular formula is C13H15ClN2O3S. The second kappa shape index (κ2) is 6.45. The molecule has 20 heavy (non-hydrogen) atoms. The summed E-state index contributed by atoms with van der Waals surface area (Å²) in [6.45, 7) is 2.56. The molecule has 1 heterocycles. The molecule has 1 aliphatic heterocycles. The molecule has 1 aromatic carbocycles. The van der Waals surface area contributed by atoms with Gasteiger partial charge in [-0.05, 0) is 25.2 Å². The van der Waals surface area contributed by atoms with Crippen LogP contribution in [0.2, 0.25) is 5.02 Å². The summed E-state index contributed by atoms with van der Waals surface area (Å²) in [6, 6.07) is 4.38. The van der Waals surface area contributed by atoms with Gasteiger partial charge in [0.2, 0.25) is 0 Å². The Morgan fingerprint density at radius 2 is 2.25 bits per heavy atom. The van der Waals surface area contributed by atoms with E-state index in [1.807, 2.05) is 6.92 Å². The van der Waals surface area contributed by atoms with Crippen LogP contribution >= 0.6 is 23.4 Å². The highest BCUT2D eigenvalue weighted by Crippen LogP contribution is 2.29. The Balaban J connectivity index is 2.39. The maximum atomic E-state index is 12.6. The number of benzene rings is 1. The molecule has 0 N–H and O–H groups in total. The van der Waals surface area contributed by atoms with E-state index in [9.17, 15) is 14.9 Å². The lowest BCUT2D eigenvalue weighted by molar-refractivity contribution is -0.385. The van der Waals surface area contributed by atoms with Crippen LogP contribution < -0.4 is 0 Å². The average Bonchev–Trinajstić information content (AvgIpc) is 2.62. The predicted octanol–water partition coefficient (Wildman–Crippen LogP) is 3.22. The van der Waals surface area contributed by atoms with E-state index in [-0.39, 0.29) is 28.2 Å². The van der Waals surface area contributed by atoms with Crippen LogP contribution in [-0.4, -0.2) is 39.8 Å². The Morgan fingerprint density at radius 3 is 2.95 bits per heavy atom. The zero-order valence-corrected chi connectivity index (χ0v) is 12.6. The van der Waals surface area contributed by atoms with Crippen LogP contribution in [-0.2, 0) is 0 Å². The third kappa shape index (κ3) is 3.07. The third-order valence-corrected chi connectivity index (χ3v) is 4.66. The standard InChI is InChI=1S/C13H15ClN2O3S/c1-9-5-7-20-8-6-15(9)13(17)12-10(14)3-2-4-11(12)16(18)19/h2-4,9H,5-8H2,1H3/t9-/m1/s1. The summed E-state index contributed by atoms with van der Waals surface area (Å²) < 4.78 is 0. The Bertz CT molecular complexity index is 538. The number of carbonyl (C=O) groups excluding carboxylic acids is 1. The number of rotatable bonds is 2. The van der Waals surface area contributed by atoms with Crippen molar-refractivity contribution < 1.29 is 9.72 Å². The molecule has 1 aliphatic rings. The van der Waals surface area contributed by atoms with Gasteiger partial charge in [0.1, 0.15) is 5.56 Å². The predicted molar refractivity (Wildman–Crippen MR) is 80.5 cm³/mol. The van der Waals surface area contributed by atoms with Gasteiger partial charge in [-0.3, -0.25) is 14.9 Å². The van der Waals surface area contributed by atoms with E-state index in [1.165, 1.54) is 18.2 Å². The van der Waals surface area contributed by atoms with Gasteiger partial charge in [0.05, 0.1) is 9.95 Å². The topological polar surface area (TPSA) is 63.5 Å². The zero-order chi connectivity index (χ0) is 14.7. The molecule has 2 rings (SSSR count). The molecule has 1 fully saturated rings. The molecule has 0 unspecified atom stereocenters. The number of amides is 1. The second-order valence-corrected chi connectivity index (χ2v) is 6.27. The van der Waals surface area contributed by atoms with Gasteiger partial charge in [0.25, 0.3) is 11.6 Å². The SMILES string of the molecule is C[C@@H]1CCSCCN1C(=O)c1c(Cl)cccc1[N+](=O)[O-]. The molecule has 1 atom stereocenters. The third-order valence-electron chi connectivity index (χ3n) is 3.35. The van der Waals surface area contributed by atoms with Crippen LogP contribution in [0.1, 0.15) is 23.7 Å². The van der Waals surface area contributed by atoms with Crippen molar-refractivity contribution in [3.8, 4) is 0 Å². The first-order chi connectivity index (χ1) is 9.52. The van der Waals surface area contributed by atoms with Crippen LogP contribution in [0.3, 0.4) is 0 Å². The molecule has 0 aromatic heterocycles. The van der Waals surface area contributed by atoms with E-state index < -0.39 is 4.92 Å². The number of hydrogen-bond acceptors (Lipinski definition) is 4. The first-order valence-corrected chi connectivity index (χ1v) is 7.87. The van der Waals surface area contributed by atoms with Crippen molar-refractivity contribution >= 4 is 35.0 Å². The van der Waals surface area contributed by atoms with Crippen molar-refractivity contribution in [3.05, 3.63) is 38.9 Å². The van der Waals surface area contributed by atoms with E-state index in [2.05, 4.69) is 0 Å². The minimum absolute atomic E-state index is 0.00193. The summed E-state index contributed by atoms with van der Waals surface area (Å²) in [5.41, 5.74) is -0.232. The van der Waals surface area contributed by atoms with Crippen molar-refractivity contribution in [2.24, 2.45) is 0 Å². The molecule has 5 nitrogen and oxygen atoms in total. The smallest absolute Gasteiger partial charge is 0.283 e. The van der Waals surface area contributed by atoms with Crippen molar-refractivity contribution in [1.29, 1.82) is 0 Å². The van der Waals surface area contributed by atoms with Crippen molar-refractivity contribution in [2.45, 2.75) is 19.4 Å². The van der Waals surface area contributed by atoms with E-state index in [1.54, 1.807) is 16.7 Å². The molecule has 0 spiro atoms. The van der Waals surface area contributed by atoms with Gasteiger partial charge >= 0.3 is 0 Å². The maximum Gasteiger partial charge on any atom is 0.283 e. The van der Waals surface area contributed by atoms with Gasteiger partial charge < -0.3 is 4.90 Å². The number of hydrogen-bond donors (Lipinski definition) is 0. The first-order valence-electron chi connectivity index (χ1n) is 6.34. The largest absolute Gasteiger partial charge is 0.335 e. The van der Waals surface area contributed by atoms with E-state index in [0.29, 0.717) is 6.54 Å². The zero-order valence-electron chi connectivity index (χ0n) is 11.0. The van der Waals surface area contributed by atoms with Crippen molar-refractivity contribution in [1.82, 2.24) is 4.90 Å². The van der Waals surface area contributed by atoms with Gasteiger partial charge in [0, 0.05) is 24.4 Å². The molecular weight excluding hydrogens is 300 g/mol. The van der Waals surface area contributed by atoms with E-state index in [0.717, 1.165) is 17.9 Å². The van der Waals surface area contributed by atoms with E-state index >= 15 is 0 Å². The molecule has 0 bridgehead atoms. The second-order valence-electron chi connectivity index (χ2n) is 4.64. The number of halogens is 1. The minimum Gasteiger partial charge on any atom is -0.335 e. The summed E-state index contributed by atoms with van der Waals surface area (Å²) in [6.07, 6.45) is 0.884. The molecule has 7 heteroatoms. The Hall–Kier alpha value is -1.27. The van der Waals surface area contributed by atoms with Crippen molar-refractivity contribution in [3.63, 3.8) is 0 Å². The molecule has 1 saturated heterocycles. The summed E-state index contributed by atoms with van der Waals surface area (Å²) in [5.74, 6) is 1.49. The van der Waals surface area contributed by atoms with Gasteiger partial charge in [-0.15, -0.1) is 0 Å². The molecule has 108 valence electrons. The summed E-state index contributed by atoms with van der Waals surface area (Å²) in [7, 11) is 0. The molecule has 0 aliphatic carbocycles. The quantitative estimate of drug-likeness (QED) is 0.621. The van der Waals surface area contributed by atoms with Crippen molar-refractivity contribution in [2.75, 3.05) is 18.1 Å². The van der Waals surface area contributed by atoms with Gasteiger partial charge in [-0.2, -0.15) is 11.8 Å². The van der Waals surface area contributed by atoms with Crippen LogP contribution in [0, 0.1) is 10.1 Å². The maximum absolute atomic E-state index is 12.6.